The van der Waals surface area contributed by atoms with E-state index < -0.39 is 17.0 Å². The molecule has 1 spiro atoms. The van der Waals surface area contributed by atoms with Gasteiger partial charge in [-0.05, 0) is 54.3 Å². The molecular formula is C26H19ClN6O4. The quantitative estimate of drug-likeness (QED) is 0.387. The monoisotopic (exact) mass is 514 g/mol. The topological polar surface area (TPSA) is 127 Å². The van der Waals surface area contributed by atoms with Gasteiger partial charge in [-0.2, -0.15) is 0 Å². The molecular weight excluding hydrogens is 496 g/mol. The molecule has 3 aliphatic rings. The Labute approximate surface area is 214 Å². The molecule has 7 rings (SSSR count). The molecule has 4 aromatic rings. The van der Waals surface area contributed by atoms with Crippen molar-refractivity contribution < 1.29 is 14.4 Å². The first kappa shape index (κ1) is 21.8. The van der Waals surface area contributed by atoms with Crippen molar-refractivity contribution >= 4 is 57.5 Å². The van der Waals surface area contributed by atoms with E-state index in [4.69, 9.17) is 11.6 Å². The summed E-state index contributed by atoms with van der Waals surface area (Å²) in [6.07, 6.45) is 2.73. The number of aromatic nitrogens is 3. The van der Waals surface area contributed by atoms with E-state index in [9.17, 15) is 19.2 Å². The summed E-state index contributed by atoms with van der Waals surface area (Å²) >= 11 is 6.23. The number of carbonyl (C=O) groups is 3. The molecule has 10 nitrogen and oxygen atoms in total. The van der Waals surface area contributed by atoms with Gasteiger partial charge in [-0.3, -0.25) is 23.5 Å². The maximum atomic E-state index is 13.1. The molecule has 11 heteroatoms. The Balaban J connectivity index is 1.16. The highest BCUT2D eigenvalue weighted by atomic mass is 35.5. The number of rotatable bonds is 3. The first-order chi connectivity index (χ1) is 17.8. The summed E-state index contributed by atoms with van der Waals surface area (Å²) in [5, 5.41) is 8.79. The molecule has 2 aliphatic heterocycles. The second-order valence-corrected chi connectivity index (χ2v) is 10.0. The number of pyridine rings is 1. The minimum atomic E-state index is -0.694. The molecule has 3 N–H and O–H groups in total. The number of imidazole rings is 1. The molecule has 184 valence electrons. The number of amides is 3. The lowest BCUT2D eigenvalue weighted by Gasteiger charge is -2.20. The van der Waals surface area contributed by atoms with Crippen molar-refractivity contribution in [1.29, 1.82) is 0 Å². The number of carbonyl (C=O) groups excluding carboxylic acids is 3. The Bertz CT molecular complexity index is 1770. The zero-order valence-electron chi connectivity index (χ0n) is 19.3. The zero-order chi connectivity index (χ0) is 25.5. The molecule has 1 unspecified atom stereocenters. The van der Waals surface area contributed by atoms with Crippen molar-refractivity contribution in [2.75, 3.05) is 16.0 Å². The third-order valence-electron chi connectivity index (χ3n) is 7.46. The lowest BCUT2D eigenvalue weighted by molar-refractivity contribution is -0.120. The summed E-state index contributed by atoms with van der Waals surface area (Å²) in [7, 11) is 0. The largest absolute Gasteiger partial charge is 0.330 e. The van der Waals surface area contributed by atoms with Crippen LogP contribution in [0.2, 0.25) is 5.02 Å². The van der Waals surface area contributed by atoms with E-state index in [-0.39, 0.29) is 24.9 Å². The fourth-order valence-electron chi connectivity index (χ4n) is 5.82. The van der Waals surface area contributed by atoms with Gasteiger partial charge < -0.3 is 16.0 Å². The average Bonchev–Trinajstić information content (AvgIpc) is 3.48. The Morgan fingerprint density at radius 1 is 1.08 bits per heavy atom. The number of anilines is 3. The molecule has 4 heterocycles. The fourth-order valence-corrected chi connectivity index (χ4v) is 6.02. The van der Waals surface area contributed by atoms with E-state index >= 15 is 0 Å². The van der Waals surface area contributed by atoms with E-state index in [1.54, 1.807) is 24.4 Å². The Kier molecular flexibility index (Phi) is 4.44. The second-order valence-electron chi connectivity index (χ2n) is 9.61. The van der Waals surface area contributed by atoms with Gasteiger partial charge in [-0.15, -0.1) is 0 Å². The number of fused-ring (bicyclic) bond motifs is 3. The molecule has 0 radical (unpaired) electrons. The maximum Gasteiger partial charge on any atom is 0.330 e. The van der Waals surface area contributed by atoms with Gasteiger partial charge in [0.1, 0.15) is 18.9 Å². The summed E-state index contributed by atoms with van der Waals surface area (Å²) in [5.74, 6) is -0.208. The molecule has 0 bridgehead atoms. The summed E-state index contributed by atoms with van der Waals surface area (Å²) in [6, 6.07) is 12.6. The summed E-state index contributed by atoms with van der Waals surface area (Å²) in [5.41, 5.74) is 3.71. The third-order valence-corrected chi connectivity index (χ3v) is 7.78. The molecule has 2 aromatic heterocycles. The third kappa shape index (κ3) is 3.08. The highest BCUT2D eigenvalue weighted by Gasteiger charge is 2.51. The van der Waals surface area contributed by atoms with Crippen LogP contribution in [0.4, 0.5) is 17.2 Å². The van der Waals surface area contributed by atoms with Gasteiger partial charge in [-0.25, -0.2) is 9.78 Å². The van der Waals surface area contributed by atoms with Gasteiger partial charge in [-0.1, -0.05) is 23.7 Å². The van der Waals surface area contributed by atoms with E-state index in [1.807, 2.05) is 24.3 Å². The summed E-state index contributed by atoms with van der Waals surface area (Å²) in [4.78, 5) is 55.4. The van der Waals surface area contributed by atoms with Crippen LogP contribution in [0.1, 0.15) is 16.7 Å². The second kappa shape index (κ2) is 7.53. The van der Waals surface area contributed by atoms with Crippen LogP contribution in [0.5, 0.6) is 0 Å². The normalized spacial score (nSPS) is 19.1. The zero-order valence-corrected chi connectivity index (χ0v) is 20.1. The minimum Gasteiger partial charge on any atom is -0.325 e. The van der Waals surface area contributed by atoms with Gasteiger partial charge in [0.25, 0.3) is 0 Å². The Hall–Kier alpha value is -4.44. The van der Waals surface area contributed by atoms with Gasteiger partial charge in [0, 0.05) is 17.4 Å². The summed E-state index contributed by atoms with van der Waals surface area (Å²) in [6.45, 7) is -0.379. The number of halogens is 1. The van der Waals surface area contributed by atoms with E-state index in [1.165, 1.54) is 9.13 Å². The van der Waals surface area contributed by atoms with Crippen LogP contribution in [0.3, 0.4) is 0 Å². The molecule has 0 saturated carbocycles. The highest BCUT2D eigenvalue weighted by Crippen LogP contribution is 2.47. The van der Waals surface area contributed by atoms with E-state index in [0.717, 1.165) is 16.7 Å². The first-order valence-corrected chi connectivity index (χ1v) is 12.1. The number of hydrogen-bond acceptors (Lipinski definition) is 5. The fraction of sp³-hybridized carbons (Fsp3) is 0.192. The lowest BCUT2D eigenvalue weighted by atomic mass is 9.79. The molecule has 3 amide bonds. The van der Waals surface area contributed by atoms with Crippen LogP contribution in [0.25, 0.3) is 11.0 Å². The SMILES string of the molecule is O=C(Cn1c(=O)n2c3c(c(Cl)ccc31)NC(=O)C2)Nc1ccc2c(c1)CC1(C2)C(=O)Nc2ncccc21. The molecule has 1 aliphatic carbocycles. The van der Waals surface area contributed by atoms with E-state index in [0.29, 0.717) is 46.1 Å². The molecule has 1 atom stereocenters. The number of nitrogens with zero attached hydrogens (tertiary/aromatic N) is 3. The first-order valence-electron chi connectivity index (χ1n) is 11.7. The van der Waals surface area contributed by atoms with Crippen LogP contribution in [0, 0.1) is 0 Å². The van der Waals surface area contributed by atoms with Crippen molar-refractivity contribution in [1.82, 2.24) is 14.1 Å². The van der Waals surface area contributed by atoms with Crippen LogP contribution in [-0.4, -0.2) is 31.8 Å². The average molecular weight is 515 g/mol. The van der Waals surface area contributed by atoms with Gasteiger partial charge >= 0.3 is 5.69 Å². The van der Waals surface area contributed by atoms with Crippen molar-refractivity contribution in [3.8, 4) is 0 Å². The van der Waals surface area contributed by atoms with Crippen molar-refractivity contribution in [3.63, 3.8) is 0 Å². The van der Waals surface area contributed by atoms with Crippen LogP contribution in [-0.2, 0) is 45.7 Å². The number of nitrogens with one attached hydrogen (secondary N) is 3. The Morgan fingerprint density at radius 2 is 1.92 bits per heavy atom. The predicted molar refractivity (Wildman–Crippen MR) is 137 cm³/mol. The van der Waals surface area contributed by atoms with Gasteiger partial charge in [0.15, 0.2) is 0 Å². The van der Waals surface area contributed by atoms with Crippen LogP contribution in [0.15, 0.2) is 53.5 Å². The maximum absolute atomic E-state index is 13.1. The smallest absolute Gasteiger partial charge is 0.325 e. The highest BCUT2D eigenvalue weighted by molar-refractivity contribution is 6.35. The van der Waals surface area contributed by atoms with Crippen LogP contribution >= 0.6 is 11.6 Å². The standard InChI is InChI=1S/C26H19ClN6O4/c27-17-5-6-18-22-21(17)30-20(35)12-33(22)25(37)32(18)11-19(34)29-15-4-3-13-9-26(10-14(13)8-15)16-2-1-7-28-23(16)31-24(26)36/h1-8H,9-12H2,(H,29,34)(H,30,35)(H,28,31,36). The van der Waals surface area contributed by atoms with Gasteiger partial charge in [0.05, 0.1) is 27.2 Å². The van der Waals surface area contributed by atoms with Crippen molar-refractivity contribution in [3.05, 3.63) is 80.9 Å². The predicted octanol–water partition coefficient (Wildman–Crippen LogP) is 2.43. The number of benzene rings is 2. The molecule has 0 saturated heterocycles. The lowest BCUT2D eigenvalue weighted by Crippen LogP contribution is -2.35. The molecule has 0 fully saturated rings. The summed E-state index contributed by atoms with van der Waals surface area (Å²) < 4.78 is 2.66. The molecule has 2 aromatic carbocycles. The minimum absolute atomic E-state index is 0.0662. The molecule has 37 heavy (non-hydrogen) atoms. The van der Waals surface area contributed by atoms with E-state index in [2.05, 4.69) is 20.9 Å². The Morgan fingerprint density at radius 3 is 2.78 bits per heavy atom. The van der Waals surface area contributed by atoms with Gasteiger partial charge in [0.2, 0.25) is 17.7 Å². The van der Waals surface area contributed by atoms with Crippen molar-refractivity contribution in [2.45, 2.75) is 31.3 Å². The number of hydrogen-bond donors (Lipinski definition) is 3. The van der Waals surface area contributed by atoms with Crippen molar-refractivity contribution in [2.24, 2.45) is 0 Å². The van der Waals surface area contributed by atoms with Crippen LogP contribution < -0.4 is 21.6 Å².